The molecule has 5 rings (SSSR count). The molecule has 2 heterocycles. The monoisotopic (exact) mass is 410 g/mol. The molecule has 2 aliphatic heterocycles. The van der Waals surface area contributed by atoms with Crippen LogP contribution in [0, 0.1) is 24.7 Å². The van der Waals surface area contributed by atoms with Crippen molar-refractivity contribution < 1.29 is 14.3 Å². The van der Waals surface area contributed by atoms with Gasteiger partial charge >= 0.3 is 0 Å². The molecule has 4 aliphatic rings. The lowest BCUT2D eigenvalue weighted by Gasteiger charge is -2.34. The largest absolute Gasteiger partial charge is 0.377 e. The predicted octanol–water partition coefficient (Wildman–Crippen LogP) is 3.19. The summed E-state index contributed by atoms with van der Waals surface area (Å²) in [5.41, 5.74) is 1.65. The lowest BCUT2D eigenvalue weighted by atomic mass is 9.92. The summed E-state index contributed by atoms with van der Waals surface area (Å²) in [6.45, 7) is 7.16. The van der Waals surface area contributed by atoms with Crippen LogP contribution in [0.2, 0.25) is 0 Å². The smallest absolute Gasteiger partial charge is 0.251 e. The number of amides is 1. The Morgan fingerprint density at radius 2 is 2.10 bits per heavy atom. The van der Waals surface area contributed by atoms with Crippen LogP contribution in [0.15, 0.2) is 36.4 Å². The van der Waals surface area contributed by atoms with E-state index in [0.29, 0.717) is 18.7 Å². The van der Waals surface area contributed by atoms with E-state index >= 15 is 0 Å². The van der Waals surface area contributed by atoms with Crippen LogP contribution in [0.25, 0.3) is 0 Å². The highest BCUT2D eigenvalue weighted by atomic mass is 16.6. The van der Waals surface area contributed by atoms with Gasteiger partial charge in [-0.25, -0.2) is 0 Å². The summed E-state index contributed by atoms with van der Waals surface area (Å²) in [6.07, 6.45) is 9.62. The summed E-state index contributed by atoms with van der Waals surface area (Å²) >= 11 is 0. The van der Waals surface area contributed by atoms with Crippen LogP contribution in [0.1, 0.15) is 41.6 Å². The summed E-state index contributed by atoms with van der Waals surface area (Å²) in [5.74, 6) is 2.37. The number of ether oxygens (including phenoxy) is 2. The molecule has 2 aliphatic carbocycles. The maximum absolute atomic E-state index is 12.4. The van der Waals surface area contributed by atoms with Gasteiger partial charge in [-0.05, 0) is 62.5 Å². The second-order valence-corrected chi connectivity index (χ2v) is 9.87. The maximum Gasteiger partial charge on any atom is 0.251 e. The average Bonchev–Trinajstić information content (AvgIpc) is 3.42. The number of fused-ring (bicyclic) bond motifs is 2. The molecule has 1 N–H and O–H groups in total. The van der Waals surface area contributed by atoms with Crippen molar-refractivity contribution in [1.29, 1.82) is 0 Å². The van der Waals surface area contributed by atoms with Gasteiger partial charge in [0.1, 0.15) is 5.60 Å². The number of allylic oxidation sites excluding steroid dienone is 2. The highest BCUT2D eigenvalue weighted by Crippen LogP contribution is 2.44. The molecule has 1 saturated carbocycles. The molecule has 5 nitrogen and oxygen atoms in total. The van der Waals surface area contributed by atoms with E-state index in [-0.39, 0.29) is 17.6 Å². The number of hydrogen-bond donors (Lipinski definition) is 1. The highest BCUT2D eigenvalue weighted by molar-refractivity contribution is 5.94. The Bertz CT molecular complexity index is 792. The highest BCUT2D eigenvalue weighted by Gasteiger charge is 2.44. The molecule has 2 saturated heterocycles. The number of aryl methyl sites for hydroxylation is 1. The molecule has 0 aromatic heterocycles. The molecule has 0 unspecified atom stereocenters. The number of nitrogens with one attached hydrogen (secondary N) is 1. The number of nitrogens with zero attached hydrogens (tertiary/aromatic N) is 1. The van der Waals surface area contributed by atoms with Crippen LogP contribution in [0.5, 0.6) is 0 Å². The minimum Gasteiger partial charge on any atom is -0.377 e. The lowest BCUT2D eigenvalue weighted by Crippen LogP contribution is -2.46. The summed E-state index contributed by atoms with van der Waals surface area (Å²) in [4.78, 5) is 15.0. The third-order valence-electron chi connectivity index (χ3n) is 7.48. The van der Waals surface area contributed by atoms with Gasteiger partial charge in [-0.1, -0.05) is 29.8 Å². The van der Waals surface area contributed by atoms with Gasteiger partial charge in [0.15, 0.2) is 0 Å². The Kier molecular flexibility index (Phi) is 5.69. The Labute approximate surface area is 179 Å². The van der Waals surface area contributed by atoms with E-state index in [1.165, 1.54) is 12.8 Å². The first-order valence-electron chi connectivity index (χ1n) is 11.6. The molecule has 1 spiro atoms. The molecule has 162 valence electrons. The summed E-state index contributed by atoms with van der Waals surface area (Å²) in [7, 11) is 0. The first-order chi connectivity index (χ1) is 14.6. The van der Waals surface area contributed by atoms with E-state index in [1.807, 2.05) is 31.2 Å². The van der Waals surface area contributed by atoms with Crippen LogP contribution < -0.4 is 5.32 Å². The summed E-state index contributed by atoms with van der Waals surface area (Å²) in [5, 5.41) is 3.06. The number of hydrogen-bond acceptors (Lipinski definition) is 4. The molecule has 5 heteroatoms. The first kappa shape index (κ1) is 20.2. The predicted molar refractivity (Wildman–Crippen MR) is 116 cm³/mol. The van der Waals surface area contributed by atoms with Crippen molar-refractivity contribution in [3.63, 3.8) is 0 Å². The normalized spacial score (nSPS) is 35.8. The third-order valence-corrected chi connectivity index (χ3v) is 7.48. The fourth-order valence-electron chi connectivity index (χ4n) is 5.85. The van der Waals surface area contributed by atoms with Crippen LogP contribution in [0.3, 0.4) is 0 Å². The van der Waals surface area contributed by atoms with Crippen molar-refractivity contribution in [2.45, 2.75) is 44.3 Å². The molecular weight excluding hydrogens is 376 g/mol. The Balaban J connectivity index is 1.14. The van der Waals surface area contributed by atoms with Crippen molar-refractivity contribution >= 4 is 5.91 Å². The summed E-state index contributed by atoms with van der Waals surface area (Å²) < 4.78 is 12.5. The molecular formula is C25H34N2O3. The zero-order valence-electron chi connectivity index (χ0n) is 18.0. The van der Waals surface area contributed by atoms with Gasteiger partial charge in [-0.15, -0.1) is 0 Å². The Morgan fingerprint density at radius 1 is 1.23 bits per heavy atom. The van der Waals surface area contributed by atoms with E-state index in [4.69, 9.17) is 9.47 Å². The van der Waals surface area contributed by atoms with E-state index in [1.54, 1.807) is 0 Å². The molecule has 1 aromatic carbocycles. The zero-order valence-corrected chi connectivity index (χ0v) is 18.0. The molecule has 0 radical (unpaired) electrons. The van der Waals surface area contributed by atoms with Crippen LogP contribution in [-0.2, 0) is 9.47 Å². The van der Waals surface area contributed by atoms with Gasteiger partial charge in [0, 0.05) is 31.7 Å². The van der Waals surface area contributed by atoms with E-state index < -0.39 is 0 Å². The third kappa shape index (κ3) is 4.34. The fourth-order valence-corrected chi connectivity index (χ4v) is 5.85. The van der Waals surface area contributed by atoms with Gasteiger partial charge in [0.05, 0.1) is 19.3 Å². The van der Waals surface area contributed by atoms with Crippen molar-refractivity contribution in [2.75, 3.05) is 39.4 Å². The average molecular weight is 411 g/mol. The van der Waals surface area contributed by atoms with Crippen molar-refractivity contribution in [2.24, 2.45) is 17.8 Å². The van der Waals surface area contributed by atoms with Crippen molar-refractivity contribution in [3.05, 3.63) is 47.5 Å². The topological polar surface area (TPSA) is 50.8 Å². The SMILES string of the molecule is Cc1ccc(C(=O)NC[C@@H]2CC[C@@]3(COCCN(C[C@@H]4C[C@H]5C=C[C@@H]4C5)C3)O2)cc1. The molecule has 1 aromatic rings. The van der Waals surface area contributed by atoms with Gasteiger partial charge in [-0.3, -0.25) is 9.69 Å². The van der Waals surface area contributed by atoms with Gasteiger partial charge in [0.2, 0.25) is 0 Å². The van der Waals surface area contributed by atoms with Crippen LogP contribution in [-0.4, -0.2) is 61.9 Å². The fraction of sp³-hybridized carbons (Fsp3) is 0.640. The van der Waals surface area contributed by atoms with Crippen LogP contribution >= 0.6 is 0 Å². The standard InChI is InChI=1S/C25H34N2O3/c1-18-2-5-20(6-3-18)24(28)26-14-23-8-9-25(30-23)16-27(10-11-29-17-25)15-22-13-19-4-7-21(22)12-19/h2-7,19,21-23H,8-17H2,1H3,(H,26,28)/t19-,21+,22-,23-,25+/m0/s1. The first-order valence-corrected chi connectivity index (χ1v) is 11.6. The molecule has 1 amide bonds. The van der Waals surface area contributed by atoms with Crippen molar-refractivity contribution in [1.82, 2.24) is 10.2 Å². The lowest BCUT2D eigenvalue weighted by molar-refractivity contribution is -0.0852. The Hall–Kier alpha value is -1.69. The number of benzene rings is 1. The van der Waals surface area contributed by atoms with Gasteiger partial charge in [0.25, 0.3) is 5.91 Å². The molecule has 3 fully saturated rings. The zero-order chi connectivity index (χ0) is 20.6. The maximum atomic E-state index is 12.4. The number of carbonyl (C=O) groups excluding carboxylic acids is 1. The second-order valence-electron chi connectivity index (χ2n) is 9.87. The quantitative estimate of drug-likeness (QED) is 0.758. The number of rotatable bonds is 5. The molecule has 30 heavy (non-hydrogen) atoms. The molecule has 2 bridgehead atoms. The minimum absolute atomic E-state index is 0.0253. The van der Waals surface area contributed by atoms with Crippen LogP contribution in [0.4, 0.5) is 0 Å². The van der Waals surface area contributed by atoms with E-state index in [2.05, 4.69) is 22.4 Å². The second kappa shape index (κ2) is 8.45. The Morgan fingerprint density at radius 3 is 2.87 bits per heavy atom. The number of carbonyl (C=O) groups is 1. The van der Waals surface area contributed by atoms with E-state index in [9.17, 15) is 4.79 Å². The molecule has 5 atom stereocenters. The van der Waals surface area contributed by atoms with Gasteiger partial charge < -0.3 is 14.8 Å². The summed E-state index contributed by atoms with van der Waals surface area (Å²) in [6, 6.07) is 7.70. The van der Waals surface area contributed by atoms with Crippen molar-refractivity contribution in [3.8, 4) is 0 Å². The van der Waals surface area contributed by atoms with Gasteiger partial charge in [-0.2, -0.15) is 0 Å². The van der Waals surface area contributed by atoms with E-state index in [0.717, 1.165) is 62.4 Å². The minimum atomic E-state index is -0.219.